The van der Waals surface area contributed by atoms with Gasteiger partial charge in [-0.15, -0.1) is 0 Å². The molecule has 0 aromatic carbocycles. The molecule has 1 fully saturated rings. The SMILES string of the molecule is CCC1CCCC(OCc2ccc(C(=O)O)cn2)C1. The minimum absolute atomic E-state index is 0.215. The summed E-state index contributed by atoms with van der Waals surface area (Å²) in [6.07, 6.45) is 7.78. The fraction of sp³-hybridized carbons (Fsp3) is 0.600. The Hall–Kier alpha value is -1.42. The van der Waals surface area contributed by atoms with E-state index < -0.39 is 5.97 Å². The fourth-order valence-electron chi connectivity index (χ4n) is 2.60. The molecule has 4 heteroatoms. The zero-order valence-electron chi connectivity index (χ0n) is 11.3. The summed E-state index contributed by atoms with van der Waals surface area (Å²) in [5, 5.41) is 8.79. The highest BCUT2D eigenvalue weighted by Gasteiger charge is 2.21. The summed E-state index contributed by atoms with van der Waals surface area (Å²) in [4.78, 5) is 14.8. The van der Waals surface area contributed by atoms with Crippen molar-refractivity contribution >= 4 is 5.97 Å². The van der Waals surface area contributed by atoms with Crippen LogP contribution in [0.1, 0.15) is 55.1 Å². The molecule has 1 heterocycles. The molecule has 19 heavy (non-hydrogen) atoms. The predicted octanol–water partition coefficient (Wildman–Crippen LogP) is 3.27. The second-order valence-corrected chi connectivity index (χ2v) is 5.22. The average molecular weight is 263 g/mol. The van der Waals surface area contributed by atoms with Gasteiger partial charge < -0.3 is 9.84 Å². The van der Waals surface area contributed by atoms with E-state index in [-0.39, 0.29) is 5.56 Å². The highest BCUT2D eigenvalue weighted by Crippen LogP contribution is 2.28. The van der Waals surface area contributed by atoms with Crippen molar-refractivity contribution in [3.05, 3.63) is 29.6 Å². The smallest absolute Gasteiger partial charge is 0.337 e. The lowest BCUT2D eigenvalue weighted by atomic mass is 9.85. The van der Waals surface area contributed by atoms with E-state index in [0.29, 0.717) is 12.7 Å². The van der Waals surface area contributed by atoms with Gasteiger partial charge in [-0.2, -0.15) is 0 Å². The Morgan fingerprint density at radius 3 is 2.95 bits per heavy atom. The number of ether oxygens (including phenoxy) is 1. The first-order valence-corrected chi connectivity index (χ1v) is 6.99. The molecule has 2 atom stereocenters. The van der Waals surface area contributed by atoms with Crippen molar-refractivity contribution in [3.63, 3.8) is 0 Å². The second-order valence-electron chi connectivity index (χ2n) is 5.22. The molecule has 0 spiro atoms. The number of nitrogens with zero attached hydrogens (tertiary/aromatic N) is 1. The molecule has 1 aliphatic rings. The van der Waals surface area contributed by atoms with Crippen LogP contribution < -0.4 is 0 Å². The Morgan fingerprint density at radius 2 is 2.32 bits per heavy atom. The maximum absolute atomic E-state index is 10.7. The molecular weight excluding hydrogens is 242 g/mol. The Bertz CT molecular complexity index is 416. The maximum Gasteiger partial charge on any atom is 0.337 e. The number of hydrogen-bond donors (Lipinski definition) is 1. The first-order valence-electron chi connectivity index (χ1n) is 6.99. The van der Waals surface area contributed by atoms with E-state index in [1.54, 1.807) is 12.1 Å². The molecule has 2 unspecified atom stereocenters. The van der Waals surface area contributed by atoms with Gasteiger partial charge in [0.2, 0.25) is 0 Å². The summed E-state index contributed by atoms with van der Waals surface area (Å²) < 4.78 is 5.89. The lowest BCUT2D eigenvalue weighted by Crippen LogP contribution is -2.22. The van der Waals surface area contributed by atoms with Crippen molar-refractivity contribution in [1.29, 1.82) is 0 Å². The normalized spacial score (nSPS) is 23.2. The van der Waals surface area contributed by atoms with Crippen molar-refractivity contribution < 1.29 is 14.6 Å². The number of aromatic nitrogens is 1. The molecule has 1 aliphatic carbocycles. The summed E-state index contributed by atoms with van der Waals surface area (Å²) in [7, 11) is 0. The van der Waals surface area contributed by atoms with Crippen LogP contribution in [0, 0.1) is 5.92 Å². The van der Waals surface area contributed by atoms with Crippen LogP contribution >= 0.6 is 0 Å². The van der Waals surface area contributed by atoms with Gasteiger partial charge in [0.1, 0.15) is 0 Å². The van der Waals surface area contributed by atoms with Crippen molar-refractivity contribution in [2.75, 3.05) is 0 Å². The molecule has 0 radical (unpaired) electrons. The van der Waals surface area contributed by atoms with Crippen LogP contribution in [0.5, 0.6) is 0 Å². The zero-order valence-corrected chi connectivity index (χ0v) is 11.3. The molecule has 1 N–H and O–H groups in total. The maximum atomic E-state index is 10.7. The third-order valence-corrected chi connectivity index (χ3v) is 3.85. The van der Waals surface area contributed by atoms with Crippen molar-refractivity contribution in [1.82, 2.24) is 4.98 Å². The van der Waals surface area contributed by atoms with E-state index in [0.717, 1.165) is 24.5 Å². The van der Waals surface area contributed by atoms with Crippen LogP contribution in [0.3, 0.4) is 0 Å². The van der Waals surface area contributed by atoms with Crippen molar-refractivity contribution in [3.8, 4) is 0 Å². The number of carboxylic acids is 1. The first kappa shape index (κ1) is 14.0. The van der Waals surface area contributed by atoms with E-state index in [4.69, 9.17) is 9.84 Å². The molecule has 104 valence electrons. The van der Waals surface area contributed by atoms with Crippen LogP contribution in [0.4, 0.5) is 0 Å². The van der Waals surface area contributed by atoms with Crippen LogP contribution in [0.25, 0.3) is 0 Å². The number of hydrogen-bond acceptors (Lipinski definition) is 3. The molecule has 4 nitrogen and oxygen atoms in total. The average Bonchev–Trinajstić information content (AvgIpc) is 2.46. The first-order chi connectivity index (χ1) is 9.19. The Labute approximate surface area is 113 Å². The van der Waals surface area contributed by atoms with Gasteiger partial charge in [-0.25, -0.2) is 4.79 Å². The van der Waals surface area contributed by atoms with Gasteiger partial charge in [-0.05, 0) is 30.9 Å². The molecule has 0 bridgehead atoms. The molecular formula is C15H21NO3. The van der Waals surface area contributed by atoms with Gasteiger partial charge in [0, 0.05) is 6.20 Å². The number of rotatable bonds is 5. The second kappa shape index (κ2) is 6.66. The monoisotopic (exact) mass is 263 g/mol. The zero-order chi connectivity index (χ0) is 13.7. The van der Waals surface area contributed by atoms with Crippen molar-refractivity contribution in [2.24, 2.45) is 5.92 Å². The third kappa shape index (κ3) is 4.03. The van der Waals surface area contributed by atoms with E-state index in [9.17, 15) is 4.79 Å². The van der Waals surface area contributed by atoms with Gasteiger partial charge in [0.15, 0.2) is 0 Å². The Kier molecular flexibility index (Phi) is 4.91. The summed E-state index contributed by atoms with van der Waals surface area (Å²) in [5.74, 6) is -0.154. The lowest BCUT2D eigenvalue weighted by molar-refractivity contribution is 0.000326. The Balaban J connectivity index is 1.83. The van der Waals surface area contributed by atoms with E-state index >= 15 is 0 Å². The third-order valence-electron chi connectivity index (χ3n) is 3.85. The summed E-state index contributed by atoms with van der Waals surface area (Å²) in [6, 6.07) is 3.30. The molecule has 1 aromatic rings. The highest BCUT2D eigenvalue weighted by molar-refractivity contribution is 5.87. The summed E-state index contributed by atoms with van der Waals surface area (Å²) >= 11 is 0. The minimum atomic E-state index is -0.946. The standard InChI is InChI=1S/C15H21NO3/c1-2-11-4-3-5-14(8-11)19-10-13-7-6-12(9-16-13)15(17)18/h6-7,9,11,14H,2-5,8,10H2,1H3,(H,17,18). The van der Waals surface area contributed by atoms with Gasteiger partial charge >= 0.3 is 5.97 Å². The van der Waals surface area contributed by atoms with Crippen LogP contribution in [0.15, 0.2) is 18.3 Å². The Morgan fingerprint density at radius 1 is 1.47 bits per heavy atom. The van der Waals surface area contributed by atoms with Crippen LogP contribution in [-0.2, 0) is 11.3 Å². The van der Waals surface area contributed by atoms with E-state index in [2.05, 4.69) is 11.9 Å². The highest BCUT2D eigenvalue weighted by atomic mass is 16.5. The topological polar surface area (TPSA) is 59.4 Å². The molecule has 1 aromatic heterocycles. The van der Waals surface area contributed by atoms with Crippen LogP contribution in [-0.4, -0.2) is 22.2 Å². The quantitative estimate of drug-likeness (QED) is 0.885. The number of pyridine rings is 1. The molecule has 1 saturated carbocycles. The summed E-state index contributed by atoms with van der Waals surface area (Å²) in [5.41, 5.74) is 1.01. The fourth-order valence-corrected chi connectivity index (χ4v) is 2.60. The van der Waals surface area contributed by atoms with Gasteiger partial charge in [0.05, 0.1) is 24.0 Å². The van der Waals surface area contributed by atoms with Gasteiger partial charge in [-0.3, -0.25) is 4.98 Å². The number of carboxylic acid groups (broad SMARTS) is 1. The van der Waals surface area contributed by atoms with E-state index in [1.165, 1.54) is 25.5 Å². The molecule has 0 aliphatic heterocycles. The molecule has 2 rings (SSSR count). The largest absolute Gasteiger partial charge is 0.478 e. The lowest BCUT2D eigenvalue weighted by Gasteiger charge is -2.28. The summed E-state index contributed by atoms with van der Waals surface area (Å²) in [6.45, 7) is 2.71. The molecule has 0 amide bonds. The number of aromatic carboxylic acids is 1. The number of carbonyl (C=O) groups is 1. The van der Waals surface area contributed by atoms with Crippen LogP contribution in [0.2, 0.25) is 0 Å². The predicted molar refractivity (Wildman–Crippen MR) is 72.0 cm³/mol. The van der Waals surface area contributed by atoms with Gasteiger partial charge in [-0.1, -0.05) is 26.2 Å². The molecule has 0 saturated heterocycles. The minimum Gasteiger partial charge on any atom is -0.478 e. The van der Waals surface area contributed by atoms with Crippen molar-refractivity contribution in [2.45, 2.75) is 51.7 Å². The van der Waals surface area contributed by atoms with Gasteiger partial charge in [0.25, 0.3) is 0 Å². The van der Waals surface area contributed by atoms with E-state index in [1.807, 2.05) is 0 Å².